The van der Waals surface area contributed by atoms with Crippen LogP contribution < -0.4 is 51.4 Å². The third kappa shape index (κ3) is 5.38. The Morgan fingerprint density at radius 3 is 2.54 bits per heavy atom. The van der Waals surface area contributed by atoms with Gasteiger partial charge in [-0.1, -0.05) is 0 Å². The first-order valence-electron chi connectivity index (χ1n) is 3.55. The fraction of sp³-hybridized carbons (Fsp3) is 0.800. The van der Waals surface area contributed by atoms with Gasteiger partial charge in [-0.25, -0.2) is 0 Å². The van der Waals surface area contributed by atoms with Crippen LogP contribution in [0.4, 0.5) is 12.9 Å². The van der Waals surface area contributed by atoms with Crippen LogP contribution in [-0.2, 0) is 9.53 Å². The Labute approximate surface area is 116 Å². The van der Waals surface area contributed by atoms with E-state index in [1.807, 2.05) is 0 Å². The Morgan fingerprint density at radius 1 is 1.46 bits per heavy atom. The molecule has 0 spiro atoms. The van der Waals surface area contributed by atoms with Crippen LogP contribution in [0.1, 0.15) is 0 Å². The molecule has 70 valence electrons. The maximum atomic E-state index is 11.8. The van der Waals surface area contributed by atoms with Crippen LogP contribution in [0.25, 0.3) is 0 Å². The topological polar surface area (TPSA) is 29.5 Å². The molecule has 13 heavy (non-hydrogen) atoms. The average Bonchev–Trinajstić information content (AvgIpc) is 1.91. The van der Waals surface area contributed by atoms with Crippen molar-refractivity contribution < 1.29 is 73.9 Å². The predicted molar refractivity (Wildman–Crippen MR) is 36.5 cm³/mol. The van der Waals surface area contributed by atoms with Crippen LogP contribution in [0.3, 0.4) is 0 Å². The van der Waals surface area contributed by atoms with E-state index in [9.17, 15) is 17.7 Å². The zero-order valence-electron chi connectivity index (χ0n) is 7.30. The Morgan fingerprint density at radius 2 is 2.08 bits per heavy atom. The van der Waals surface area contributed by atoms with Crippen molar-refractivity contribution >= 4 is 12.9 Å². The van der Waals surface area contributed by atoms with Crippen molar-refractivity contribution in [1.29, 1.82) is 0 Å². The smallest absolute Gasteiger partial charge is 0.448 e. The molecule has 1 rings (SSSR count). The van der Waals surface area contributed by atoms with Crippen molar-refractivity contribution in [1.82, 2.24) is 4.90 Å². The molecule has 0 saturated carbocycles. The molecule has 8 heteroatoms. The number of carbonyl (C=O) groups excluding carboxylic acids is 1. The Balaban J connectivity index is 0.00000144. The van der Waals surface area contributed by atoms with Gasteiger partial charge in [0, 0.05) is 6.54 Å². The molecular formula is C5H8BF3KNO2. The molecule has 1 amide bonds. The van der Waals surface area contributed by atoms with Gasteiger partial charge in [-0.2, -0.15) is 0 Å². The second-order valence-corrected chi connectivity index (χ2v) is 2.60. The van der Waals surface area contributed by atoms with Crippen molar-refractivity contribution in [2.24, 2.45) is 0 Å². The largest absolute Gasteiger partial charge is 1.00 e. The first-order valence-corrected chi connectivity index (χ1v) is 3.55. The SMILES string of the molecule is O=C1COCCN1C[B-](F)(F)F.[K+]. The number of rotatable bonds is 2. The summed E-state index contributed by atoms with van der Waals surface area (Å²) in [6.45, 7) is -4.90. The minimum absolute atomic E-state index is 0. The molecule has 0 N–H and O–H groups in total. The third-order valence-electron chi connectivity index (χ3n) is 1.51. The fourth-order valence-corrected chi connectivity index (χ4v) is 0.993. The van der Waals surface area contributed by atoms with Gasteiger partial charge in [-0.05, 0) is 6.44 Å². The van der Waals surface area contributed by atoms with Crippen LogP contribution in [0.2, 0.25) is 0 Å². The summed E-state index contributed by atoms with van der Waals surface area (Å²) in [4.78, 5) is 11.6. The molecule has 0 aromatic heterocycles. The molecule has 0 atom stereocenters. The number of hydrogen-bond donors (Lipinski definition) is 0. The molecule has 1 fully saturated rings. The summed E-state index contributed by atoms with van der Waals surface area (Å²) >= 11 is 0. The molecule has 0 aromatic rings. The summed E-state index contributed by atoms with van der Waals surface area (Å²) < 4.78 is 40.2. The van der Waals surface area contributed by atoms with E-state index in [-0.39, 0.29) is 71.1 Å². The molecule has 0 unspecified atom stereocenters. The van der Waals surface area contributed by atoms with E-state index < -0.39 is 19.3 Å². The van der Waals surface area contributed by atoms with Crippen LogP contribution in [0.15, 0.2) is 0 Å². The predicted octanol–water partition coefficient (Wildman–Crippen LogP) is -2.76. The second kappa shape index (κ2) is 5.72. The Bertz CT molecular complexity index is 189. The van der Waals surface area contributed by atoms with Gasteiger partial charge in [0.15, 0.2) is 0 Å². The van der Waals surface area contributed by atoms with Gasteiger partial charge in [0.1, 0.15) is 6.61 Å². The van der Waals surface area contributed by atoms with Gasteiger partial charge in [0.05, 0.1) is 6.61 Å². The maximum Gasteiger partial charge on any atom is 1.00 e. The summed E-state index contributed by atoms with van der Waals surface area (Å²) in [6, 6.07) is 0. The average molecular weight is 221 g/mol. The quantitative estimate of drug-likeness (QED) is 0.472. The van der Waals surface area contributed by atoms with Gasteiger partial charge in [0.2, 0.25) is 5.91 Å². The van der Waals surface area contributed by atoms with E-state index in [0.717, 1.165) is 4.90 Å². The van der Waals surface area contributed by atoms with Crippen molar-refractivity contribution in [2.75, 3.05) is 26.2 Å². The minimum atomic E-state index is -4.91. The van der Waals surface area contributed by atoms with E-state index in [1.165, 1.54) is 0 Å². The molecule has 1 saturated heterocycles. The molecule has 0 bridgehead atoms. The first kappa shape index (κ1) is 13.9. The number of ether oxygens (including phenoxy) is 1. The molecule has 1 aliphatic rings. The van der Waals surface area contributed by atoms with Gasteiger partial charge in [0.25, 0.3) is 0 Å². The molecule has 0 aliphatic carbocycles. The number of amides is 1. The van der Waals surface area contributed by atoms with Gasteiger partial charge in [-0.3, -0.25) is 4.79 Å². The van der Waals surface area contributed by atoms with Gasteiger partial charge < -0.3 is 22.6 Å². The zero-order valence-corrected chi connectivity index (χ0v) is 10.4. The molecular weight excluding hydrogens is 213 g/mol. The zero-order chi connectivity index (χ0) is 9.19. The molecule has 3 nitrogen and oxygen atoms in total. The minimum Gasteiger partial charge on any atom is -0.448 e. The monoisotopic (exact) mass is 221 g/mol. The third-order valence-corrected chi connectivity index (χ3v) is 1.51. The van der Waals surface area contributed by atoms with Gasteiger partial charge >= 0.3 is 58.4 Å². The van der Waals surface area contributed by atoms with E-state index >= 15 is 0 Å². The van der Waals surface area contributed by atoms with E-state index in [2.05, 4.69) is 4.74 Å². The fourth-order valence-electron chi connectivity index (χ4n) is 0.993. The van der Waals surface area contributed by atoms with E-state index in [4.69, 9.17) is 0 Å². The van der Waals surface area contributed by atoms with Crippen molar-refractivity contribution in [3.05, 3.63) is 0 Å². The van der Waals surface area contributed by atoms with E-state index in [1.54, 1.807) is 0 Å². The summed E-state index contributed by atoms with van der Waals surface area (Å²) in [5.41, 5.74) is 0. The van der Waals surface area contributed by atoms with Crippen LogP contribution in [0, 0.1) is 0 Å². The summed E-state index contributed by atoms with van der Waals surface area (Å²) in [5, 5.41) is 0. The standard InChI is InChI=1S/C5H8BF3NO2.K/c7-6(8,9)4-10-1-2-12-3-5(10)11;/h1-4H2;/q-1;+1. The van der Waals surface area contributed by atoms with Crippen LogP contribution in [-0.4, -0.2) is 44.0 Å². The summed E-state index contributed by atoms with van der Waals surface area (Å²) in [7, 11) is 0. The number of hydrogen-bond acceptors (Lipinski definition) is 2. The number of nitrogens with zero attached hydrogens (tertiary/aromatic N) is 1. The Hall–Kier alpha value is 0.921. The number of halogens is 3. The van der Waals surface area contributed by atoms with E-state index in [0.29, 0.717) is 0 Å². The summed E-state index contributed by atoms with van der Waals surface area (Å²) in [5.74, 6) is -0.583. The molecule has 1 heterocycles. The first-order chi connectivity index (χ1) is 5.49. The maximum absolute atomic E-state index is 11.8. The second-order valence-electron chi connectivity index (χ2n) is 2.60. The van der Waals surface area contributed by atoms with Crippen molar-refractivity contribution in [3.8, 4) is 0 Å². The van der Waals surface area contributed by atoms with Crippen LogP contribution in [0.5, 0.6) is 0 Å². The number of carbonyl (C=O) groups is 1. The molecule has 0 radical (unpaired) electrons. The molecule has 1 aliphatic heterocycles. The van der Waals surface area contributed by atoms with Crippen LogP contribution >= 0.6 is 0 Å². The summed E-state index contributed by atoms with van der Waals surface area (Å²) in [6.07, 6.45) is -1.11. The van der Waals surface area contributed by atoms with Crippen molar-refractivity contribution in [2.45, 2.75) is 0 Å². The number of morpholine rings is 1. The molecule has 0 aromatic carbocycles. The Kier molecular flexibility index (Phi) is 6.12. The normalized spacial score (nSPS) is 18.4. The van der Waals surface area contributed by atoms with Gasteiger partial charge in [-0.15, -0.1) is 0 Å². The van der Waals surface area contributed by atoms with Crippen molar-refractivity contribution in [3.63, 3.8) is 0 Å².